The highest BCUT2D eigenvalue weighted by atomic mass is 17.1. The predicted octanol–water partition coefficient (Wildman–Crippen LogP) is 1.16. The van der Waals surface area contributed by atoms with Crippen molar-refractivity contribution in [1.82, 2.24) is 0 Å². The topological polar surface area (TPSA) is 99.4 Å². The lowest BCUT2D eigenvalue weighted by Gasteiger charge is -2.12. The highest BCUT2D eigenvalue weighted by Gasteiger charge is 2.12. The van der Waals surface area contributed by atoms with Crippen LogP contribution < -0.4 is 0 Å². The molecule has 0 saturated heterocycles. The maximum Gasteiger partial charge on any atom is 0.119 e. The Labute approximate surface area is 92.2 Å². The van der Waals surface area contributed by atoms with Gasteiger partial charge in [0.05, 0.1) is 13.2 Å². The molecule has 0 aliphatic carbocycles. The normalized spacial score (nSPS) is 10.6. The lowest BCUT2D eigenvalue weighted by molar-refractivity contribution is -0.242. The minimum absolute atomic E-state index is 0.00258. The van der Waals surface area contributed by atoms with Gasteiger partial charge in [0, 0.05) is 24.0 Å². The SMILES string of the molecule is OOCCc1c(O)ccc(O)c1CCOO. The maximum absolute atomic E-state index is 9.59. The van der Waals surface area contributed by atoms with Crippen molar-refractivity contribution < 1.29 is 30.5 Å². The third-order valence-electron chi connectivity index (χ3n) is 2.27. The van der Waals surface area contributed by atoms with E-state index in [1.54, 1.807) is 0 Å². The van der Waals surface area contributed by atoms with Crippen molar-refractivity contribution in [1.29, 1.82) is 0 Å². The predicted molar refractivity (Wildman–Crippen MR) is 54.3 cm³/mol. The van der Waals surface area contributed by atoms with Crippen LogP contribution in [0.1, 0.15) is 11.1 Å². The van der Waals surface area contributed by atoms with Crippen molar-refractivity contribution >= 4 is 0 Å². The van der Waals surface area contributed by atoms with Gasteiger partial charge in [-0.05, 0) is 12.1 Å². The Balaban J connectivity index is 2.94. The van der Waals surface area contributed by atoms with Crippen molar-refractivity contribution in [3.63, 3.8) is 0 Å². The first-order chi connectivity index (χ1) is 7.70. The molecular weight excluding hydrogens is 216 g/mol. The van der Waals surface area contributed by atoms with Crippen molar-refractivity contribution in [2.75, 3.05) is 13.2 Å². The van der Waals surface area contributed by atoms with E-state index in [-0.39, 0.29) is 37.6 Å². The summed E-state index contributed by atoms with van der Waals surface area (Å²) in [6.07, 6.45) is 0.495. The van der Waals surface area contributed by atoms with Crippen LogP contribution in [0.25, 0.3) is 0 Å². The molecule has 0 atom stereocenters. The molecule has 0 bridgehead atoms. The Bertz CT molecular complexity index is 305. The van der Waals surface area contributed by atoms with Crippen molar-refractivity contribution in [2.24, 2.45) is 0 Å². The zero-order valence-electron chi connectivity index (χ0n) is 8.59. The van der Waals surface area contributed by atoms with Gasteiger partial charge in [0.2, 0.25) is 0 Å². The van der Waals surface area contributed by atoms with Gasteiger partial charge in [0.1, 0.15) is 11.5 Å². The van der Waals surface area contributed by atoms with E-state index in [1.165, 1.54) is 12.1 Å². The second-order valence-electron chi connectivity index (χ2n) is 3.23. The largest absolute Gasteiger partial charge is 0.508 e. The molecule has 0 saturated carbocycles. The summed E-state index contributed by atoms with van der Waals surface area (Å²) < 4.78 is 0. The molecule has 6 nitrogen and oxygen atoms in total. The molecule has 0 spiro atoms. The van der Waals surface area contributed by atoms with Crippen LogP contribution in [-0.2, 0) is 22.6 Å². The van der Waals surface area contributed by atoms with Gasteiger partial charge in [-0.15, -0.1) is 0 Å². The van der Waals surface area contributed by atoms with Crippen LogP contribution in [0.4, 0.5) is 0 Å². The number of hydrogen-bond acceptors (Lipinski definition) is 6. The van der Waals surface area contributed by atoms with Crippen LogP contribution in [0, 0.1) is 0 Å². The molecule has 90 valence electrons. The average Bonchev–Trinajstić information content (AvgIpc) is 2.29. The van der Waals surface area contributed by atoms with Crippen molar-refractivity contribution in [3.05, 3.63) is 23.3 Å². The molecule has 0 amide bonds. The van der Waals surface area contributed by atoms with E-state index < -0.39 is 0 Å². The molecule has 0 heterocycles. The van der Waals surface area contributed by atoms with E-state index in [0.29, 0.717) is 11.1 Å². The van der Waals surface area contributed by atoms with Crippen molar-refractivity contribution in [2.45, 2.75) is 12.8 Å². The van der Waals surface area contributed by atoms with Crippen LogP contribution in [0.3, 0.4) is 0 Å². The van der Waals surface area contributed by atoms with Gasteiger partial charge in [0.15, 0.2) is 0 Å². The zero-order chi connectivity index (χ0) is 12.0. The van der Waals surface area contributed by atoms with Crippen LogP contribution in [-0.4, -0.2) is 33.9 Å². The first-order valence-electron chi connectivity index (χ1n) is 4.76. The number of rotatable bonds is 6. The Morgan fingerprint density at radius 3 is 1.50 bits per heavy atom. The summed E-state index contributed by atoms with van der Waals surface area (Å²) in [5, 5.41) is 35.7. The molecule has 0 aliphatic heterocycles. The zero-order valence-corrected chi connectivity index (χ0v) is 8.59. The molecule has 1 aromatic carbocycles. The van der Waals surface area contributed by atoms with Crippen molar-refractivity contribution in [3.8, 4) is 11.5 Å². The third-order valence-corrected chi connectivity index (χ3v) is 2.27. The van der Waals surface area contributed by atoms with E-state index >= 15 is 0 Å². The van der Waals surface area contributed by atoms with Crippen LogP contribution in [0.5, 0.6) is 11.5 Å². The molecule has 0 radical (unpaired) electrons. The summed E-state index contributed by atoms with van der Waals surface area (Å²) in [7, 11) is 0. The van der Waals surface area contributed by atoms with Gasteiger partial charge in [-0.25, -0.2) is 9.78 Å². The molecule has 0 unspecified atom stereocenters. The smallest absolute Gasteiger partial charge is 0.119 e. The van der Waals surface area contributed by atoms with Gasteiger partial charge in [0.25, 0.3) is 0 Å². The van der Waals surface area contributed by atoms with Crippen LogP contribution >= 0.6 is 0 Å². The van der Waals surface area contributed by atoms with E-state index in [9.17, 15) is 10.2 Å². The number of benzene rings is 1. The summed E-state index contributed by atoms with van der Waals surface area (Å²) in [6.45, 7) is 0.00793. The minimum Gasteiger partial charge on any atom is -0.508 e. The Morgan fingerprint density at radius 1 is 0.812 bits per heavy atom. The monoisotopic (exact) mass is 230 g/mol. The van der Waals surface area contributed by atoms with Gasteiger partial charge in [-0.2, -0.15) is 0 Å². The fourth-order valence-electron chi connectivity index (χ4n) is 1.52. The van der Waals surface area contributed by atoms with Gasteiger partial charge in [-0.1, -0.05) is 0 Å². The van der Waals surface area contributed by atoms with Crippen LogP contribution in [0.15, 0.2) is 12.1 Å². The third kappa shape index (κ3) is 3.07. The van der Waals surface area contributed by atoms with Crippen LogP contribution in [0.2, 0.25) is 0 Å². The molecule has 4 N–H and O–H groups in total. The molecule has 16 heavy (non-hydrogen) atoms. The lowest BCUT2D eigenvalue weighted by atomic mass is 10.00. The summed E-state index contributed by atoms with van der Waals surface area (Å²) in [4.78, 5) is 7.85. The summed E-state index contributed by atoms with van der Waals surface area (Å²) in [5.74, 6) is 0.00517. The van der Waals surface area contributed by atoms with Gasteiger partial charge in [-0.3, -0.25) is 10.5 Å². The molecule has 1 aromatic rings. The van der Waals surface area contributed by atoms with E-state index in [1.807, 2.05) is 0 Å². The number of phenols is 2. The molecule has 6 heteroatoms. The fraction of sp³-hybridized carbons (Fsp3) is 0.400. The molecule has 0 fully saturated rings. The molecule has 0 aliphatic rings. The molecular formula is C10H14O6. The minimum atomic E-state index is 0.00258. The average molecular weight is 230 g/mol. The van der Waals surface area contributed by atoms with E-state index in [2.05, 4.69) is 9.78 Å². The lowest BCUT2D eigenvalue weighted by Crippen LogP contribution is -2.04. The fourth-order valence-corrected chi connectivity index (χ4v) is 1.52. The summed E-state index contributed by atoms with van der Waals surface area (Å²) in [6, 6.07) is 2.71. The Kier molecular flexibility index (Phi) is 5.00. The highest BCUT2D eigenvalue weighted by Crippen LogP contribution is 2.29. The molecule has 1 rings (SSSR count). The number of hydrogen-bond donors (Lipinski definition) is 4. The van der Waals surface area contributed by atoms with Gasteiger partial charge >= 0.3 is 0 Å². The van der Waals surface area contributed by atoms with E-state index in [0.717, 1.165) is 0 Å². The number of aromatic hydroxyl groups is 2. The maximum atomic E-state index is 9.59. The van der Waals surface area contributed by atoms with E-state index in [4.69, 9.17) is 10.5 Å². The first-order valence-corrected chi connectivity index (χ1v) is 4.76. The number of phenolic OH excluding ortho intramolecular Hbond substituents is 2. The highest BCUT2D eigenvalue weighted by molar-refractivity contribution is 5.47. The Morgan fingerprint density at radius 2 is 1.19 bits per heavy atom. The standard InChI is InChI=1S/C10H14O6/c11-9-1-2-10(12)8(4-6-16-14)7(9)3-5-15-13/h1-2,11-14H,3-6H2. The first kappa shape index (κ1) is 12.7. The Hall–Kier alpha value is -1.34. The van der Waals surface area contributed by atoms with Gasteiger partial charge < -0.3 is 10.2 Å². The quantitative estimate of drug-likeness (QED) is 0.332. The summed E-state index contributed by atoms with van der Waals surface area (Å²) >= 11 is 0. The second-order valence-corrected chi connectivity index (χ2v) is 3.23. The second kappa shape index (κ2) is 6.29. The molecule has 0 aromatic heterocycles. The summed E-state index contributed by atoms with van der Waals surface area (Å²) in [5.41, 5.74) is 0.928.